The minimum Gasteiger partial charge on any atom is -0.505 e. The van der Waals surface area contributed by atoms with E-state index in [1.807, 2.05) is 0 Å². The number of amides is 2. The highest BCUT2D eigenvalue weighted by molar-refractivity contribution is 7.98. The number of sulfone groups is 1. The maximum atomic E-state index is 13.2. The quantitative estimate of drug-likeness (QED) is 0.256. The van der Waals surface area contributed by atoms with Gasteiger partial charge in [0.05, 0.1) is 21.9 Å². The number of aromatic hydroxyl groups is 1. The molecule has 0 aliphatic heterocycles. The zero-order valence-electron chi connectivity index (χ0n) is 18.6. The van der Waals surface area contributed by atoms with E-state index in [4.69, 9.17) is 17.3 Å². The molecule has 0 atom stereocenters. The number of nitrogens with two attached hydrogens (primary N) is 1. The molecule has 0 aliphatic carbocycles. The van der Waals surface area contributed by atoms with Gasteiger partial charge in [0.15, 0.2) is 15.6 Å². The first-order chi connectivity index (χ1) is 16.4. The largest absolute Gasteiger partial charge is 0.505 e. The van der Waals surface area contributed by atoms with E-state index in [1.54, 1.807) is 6.26 Å². The number of carboxylic acids is 1. The summed E-state index contributed by atoms with van der Waals surface area (Å²) in [5.74, 6) is -3.94. The molecule has 2 aromatic carbocycles. The van der Waals surface area contributed by atoms with Crippen LogP contribution in [0.4, 0.5) is 5.69 Å². The number of carbonyl (C=O) groups excluding carboxylic acids is 2. The lowest BCUT2D eigenvalue weighted by Crippen LogP contribution is -2.19. The Labute approximate surface area is 209 Å². The van der Waals surface area contributed by atoms with Gasteiger partial charge < -0.3 is 26.2 Å². The number of aromatic nitrogens is 1. The van der Waals surface area contributed by atoms with Crippen molar-refractivity contribution in [3.63, 3.8) is 0 Å². The summed E-state index contributed by atoms with van der Waals surface area (Å²) >= 11 is 7.53. The van der Waals surface area contributed by atoms with Gasteiger partial charge in [-0.25, -0.2) is 13.2 Å². The topological polar surface area (TPSA) is 180 Å². The number of hydrogen-bond acceptors (Lipinski definition) is 7. The smallest absolute Gasteiger partial charge is 0.352 e. The van der Waals surface area contributed by atoms with Crippen LogP contribution in [0, 0.1) is 0 Å². The predicted octanol–water partition coefficient (Wildman–Crippen LogP) is 3.48. The molecule has 0 unspecified atom stereocenters. The average molecular weight is 540 g/mol. The third kappa shape index (κ3) is 5.09. The number of carboxylic acid groups (broad SMARTS) is 1. The van der Waals surface area contributed by atoms with Crippen molar-refractivity contribution in [3.05, 3.63) is 40.5 Å². The standard InChI is InChI=1S/C22H22ClN3O7S2/c1-3-35(32,33)14-9-12(21(24)29)20(28)18(26-15(27)6-7-34-2)17(14)16-11-8-10(23)4-5-13(11)25-19(16)22(30)31/h4-5,8-9,25,28H,3,6-7H2,1-2H3,(H2,24,29)(H,26,27)(H,30,31). The van der Waals surface area contributed by atoms with Crippen LogP contribution in [0.2, 0.25) is 5.02 Å². The maximum absolute atomic E-state index is 13.2. The summed E-state index contributed by atoms with van der Waals surface area (Å²) < 4.78 is 26.3. The van der Waals surface area contributed by atoms with E-state index in [1.165, 1.54) is 36.9 Å². The zero-order valence-corrected chi connectivity index (χ0v) is 21.0. The lowest BCUT2D eigenvalue weighted by atomic mass is 9.96. The van der Waals surface area contributed by atoms with Crippen molar-refractivity contribution in [1.82, 2.24) is 4.98 Å². The molecule has 0 fully saturated rings. The number of carbonyl (C=O) groups is 3. The van der Waals surface area contributed by atoms with Crippen LogP contribution in [0.25, 0.3) is 22.0 Å². The molecule has 35 heavy (non-hydrogen) atoms. The Morgan fingerprint density at radius 1 is 1.20 bits per heavy atom. The molecule has 2 amide bonds. The molecule has 0 radical (unpaired) electrons. The first-order valence-electron chi connectivity index (χ1n) is 10.2. The molecule has 1 aromatic heterocycles. The normalized spacial score (nSPS) is 11.5. The number of fused-ring (bicyclic) bond motifs is 1. The van der Waals surface area contributed by atoms with E-state index < -0.39 is 61.0 Å². The Kier molecular flexibility index (Phi) is 7.68. The van der Waals surface area contributed by atoms with E-state index in [0.29, 0.717) is 11.3 Å². The van der Waals surface area contributed by atoms with E-state index in [-0.39, 0.29) is 28.0 Å². The van der Waals surface area contributed by atoms with Crippen molar-refractivity contribution in [2.24, 2.45) is 5.73 Å². The van der Waals surface area contributed by atoms with Crippen molar-refractivity contribution in [1.29, 1.82) is 0 Å². The summed E-state index contributed by atoms with van der Waals surface area (Å²) in [6.07, 6.45) is 1.78. The van der Waals surface area contributed by atoms with Gasteiger partial charge in [-0.2, -0.15) is 11.8 Å². The fourth-order valence-electron chi connectivity index (χ4n) is 3.59. The molecular formula is C22H22ClN3O7S2. The van der Waals surface area contributed by atoms with Crippen molar-refractivity contribution in [2.45, 2.75) is 18.2 Å². The third-order valence-corrected chi connectivity index (χ3v) is 7.87. The summed E-state index contributed by atoms with van der Waals surface area (Å²) in [6, 6.07) is 5.34. The number of nitrogens with one attached hydrogen (secondary N) is 2. The zero-order chi connectivity index (χ0) is 26.1. The van der Waals surface area contributed by atoms with Crippen LogP contribution in [-0.2, 0) is 14.6 Å². The number of benzene rings is 2. The van der Waals surface area contributed by atoms with Gasteiger partial charge in [0.1, 0.15) is 5.69 Å². The molecule has 13 heteroatoms. The van der Waals surface area contributed by atoms with Crippen LogP contribution < -0.4 is 11.1 Å². The second kappa shape index (κ2) is 10.2. The Morgan fingerprint density at radius 2 is 1.89 bits per heavy atom. The number of anilines is 1. The Hall–Kier alpha value is -3.22. The number of aromatic amines is 1. The minimum atomic E-state index is -4.14. The molecule has 3 rings (SSSR count). The van der Waals surface area contributed by atoms with Gasteiger partial charge in [0.2, 0.25) is 5.91 Å². The Balaban J connectivity index is 2.56. The SMILES string of the molecule is CCS(=O)(=O)c1cc(C(N)=O)c(O)c(NC(=O)CCSC)c1-c1c(C(=O)O)[nH]c2ccc(Cl)cc12. The van der Waals surface area contributed by atoms with E-state index in [0.717, 1.165) is 6.07 Å². The van der Waals surface area contributed by atoms with Crippen LogP contribution >= 0.6 is 23.4 Å². The highest BCUT2D eigenvalue weighted by Crippen LogP contribution is 2.47. The Bertz CT molecular complexity index is 1470. The lowest BCUT2D eigenvalue weighted by Gasteiger charge is -2.19. The lowest BCUT2D eigenvalue weighted by molar-refractivity contribution is -0.115. The van der Waals surface area contributed by atoms with Crippen molar-refractivity contribution in [2.75, 3.05) is 23.1 Å². The molecule has 3 aromatic rings. The van der Waals surface area contributed by atoms with Crippen LogP contribution in [-0.4, -0.2) is 59.2 Å². The van der Waals surface area contributed by atoms with Crippen LogP contribution in [0.3, 0.4) is 0 Å². The van der Waals surface area contributed by atoms with Gasteiger partial charge in [0, 0.05) is 39.2 Å². The molecule has 0 bridgehead atoms. The van der Waals surface area contributed by atoms with E-state index in [9.17, 15) is 33.0 Å². The fraction of sp³-hybridized carbons (Fsp3) is 0.227. The highest BCUT2D eigenvalue weighted by Gasteiger charge is 2.32. The van der Waals surface area contributed by atoms with E-state index in [2.05, 4.69) is 10.3 Å². The fourth-order valence-corrected chi connectivity index (χ4v) is 5.27. The summed E-state index contributed by atoms with van der Waals surface area (Å²) in [6.45, 7) is 1.36. The first kappa shape index (κ1) is 26.4. The molecular weight excluding hydrogens is 518 g/mol. The number of phenols is 1. The third-order valence-electron chi connectivity index (χ3n) is 5.27. The molecule has 10 nitrogen and oxygen atoms in total. The second-order valence-electron chi connectivity index (χ2n) is 7.45. The Morgan fingerprint density at radius 3 is 2.46 bits per heavy atom. The second-order valence-corrected chi connectivity index (χ2v) is 11.1. The summed E-state index contributed by atoms with van der Waals surface area (Å²) in [7, 11) is -4.14. The molecule has 1 heterocycles. The minimum absolute atomic E-state index is 0.00219. The van der Waals surface area contributed by atoms with E-state index >= 15 is 0 Å². The monoisotopic (exact) mass is 539 g/mol. The van der Waals surface area contributed by atoms with Crippen LogP contribution in [0.1, 0.15) is 34.2 Å². The maximum Gasteiger partial charge on any atom is 0.352 e. The summed E-state index contributed by atoms with van der Waals surface area (Å²) in [5, 5.41) is 23.8. The summed E-state index contributed by atoms with van der Waals surface area (Å²) in [4.78, 5) is 39.1. The van der Waals surface area contributed by atoms with Crippen LogP contribution in [0.5, 0.6) is 5.75 Å². The van der Waals surface area contributed by atoms with Crippen molar-refractivity contribution >= 4 is 67.6 Å². The molecule has 6 N–H and O–H groups in total. The number of aromatic carboxylic acids is 1. The highest BCUT2D eigenvalue weighted by atomic mass is 35.5. The van der Waals surface area contributed by atoms with Gasteiger partial charge in [-0.05, 0) is 30.5 Å². The number of thioether (sulfide) groups is 1. The number of rotatable bonds is 9. The van der Waals surface area contributed by atoms with Gasteiger partial charge in [-0.1, -0.05) is 18.5 Å². The van der Waals surface area contributed by atoms with Crippen LogP contribution in [0.15, 0.2) is 29.2 Å². The number of primary amides is 1. The molecule has 0 saturated carbocycles. The summed E-state index contributed by atoms with van der Waals surface area (Å²) in [5.41, 5.74) is 3.88. The first-order valence-corrected chi connectivity index (χ1v) is 13.6. The number of H-pyrrole nitrogens is 1. The van der Waals surface area contributed by atoms with Crippen molar-refractivity contribution in [3.8, 4) is 16.9 Å². The van der Waals surface area contributed by atoms with Gasteiger partial charge in [-0.3, -0.25) is 9.59 Å². The molecule has 0 saturated heterocycles. The average Bonchev–Trinajstić information content (AvgIpc) is 3.17. The molecule has 186 valence electrons. The predicted molar refractivity (Wildman–Crippen MR) is 135 cm³/mol. The van der Waals surface area contributed by atoms with Gasteiger partial charge in [-0.15, -0.1) is 0 Å². The van der Waals surface area contributed by atoms with Gasteiger partial charge >= 0.3 is 5.97 Å². The van der Waals surface area contributed by atoms with Gasteiger partial charge in [0.25, 0.3) is 5.91 Å². The molecule has 0 spiro atoms. The number of halogens is 1. The number of hydrogen-bond donors (Lipinski definition) is 5. The van der Waals surface area contributed by atoms with Crippen molar-refractivity contribution < 1.29 is 33.0 Å². The molecule has 0 aliphatic rings.